The smallest absolute Gasteiger partial charge is 0.311 e. The zero-order valence-corrected chi connectivity index (χ0v) is 9.87. The summed E-state index contributed by atoms with van der Waals surface area (Å²) in [6.45, 7) is 1.60. The van der Waals surface area contributed by atoms with Crippen LogP contribution in [0.1, 0.15) is 24.5 Å². The fourth-order valence-electron chi connectivity index (χ4n) is 2.49. The van der Waals surface area contributed by atoms with Crippen LogP contribution in [-0.4, -0.2) is 18.2 Å². The molecule has 4 heteroatoms. The molecule has 0 radical (unpaired) electrons. The monoisotopic (exact) mass is 238 g/mol. The van der Waals surface area contributed by atoms with E-state index in [1.54, 1.807) is 19.1 Å². The van der Waals surface area contributed by atoms with Crippen LogP contribution in [0.25, 0.3) is 0 Å². The summed E-state index contributed by atoms with van der Waals surface area (Å²) in [5.74, 6) is -1.50. The van der Waals surface area contributed by atoms with Crippen molar-refractivity contribution >= 4 is 5.97 Å². The second-order valence-electron chi connectivity index (χ2n) is 4.44. The molecule has 17 heavy (non-hydrogen) atoms. The Balaban J connectivity index is 2.44. The second kappa shape index (κ2) is 4.11. The number of carbonyl (C=O) groups is 1. The lowest BCUT2D eigenvalue weighted by Crippen LogP contribution is -2.36. The molecule has 1 N–H and O–H groups in total. The topological polar surface area (TPSA) is 46.5 Å². The van der Waals surface area contributed by atoms with Crippen LogP contribution in [0.4, 0.5) is 4.39 Å². The van der Waals surface area contributed by atoms with Gasteiger partial charge in [-0.15, -0.1) is 0 Å². The van der Waals surface area contributed by atoms with Gasteiger partial charge < -0.3 is 9.84 Å². The summed E-state index contributed by atoms with van der Waals surface area (Å²) in [5.41, 5.74) is -0.300. The van der Waals surface area contributed by atoms with Crippen molar-refractivity contribution in [2.24, 2.45) is 5.92 Å². The number of methoxy groups -OCH3 is 1. The molecule has 0 saturated carbocycles. The Morgan fingerprint density at radius 3 is 2.94 bits per heavy atom. The Kier molecular flexibility index (Phi) is 2.91. The average Bonchev–Trinajstić information content (AvgIpc) is 2.68. The van der Waals surface area contributed by atoms with Gasteiger partial charge in [-0.2, -0.15) is 0 Å². The van der Waals surface area contributed by atoms with Crippen molar-refractivity contribution < 1.29 is 19.0 Å². The zero-order valence-electron chi connectivity index (χ0n) is 9.87. The van der Waals surface area contributed by atoms with Crippen molar-refractivity contribution in [1.82, 2.24) is 0 Å². The lowest BCUT2D eigenvalue weighted by Gasteiger charge is -2.29. The van der Waals surface area contributed by atoms with E-state index in [0.29, 0.717) is 24.0 Å². The van der Waals surface area contributed by atoms with Crippen molar-refractivity contribution in [3.63, 3.8) is 0 Å². The molecule has 0 amide bonds. The first kappa shape index (κ1) is 12.0. The molecule has 2 atom stereocenters. The molecular weight excluding hydrogens is 223 g/mol. The van der Waals surface area contributed by atoms with Gasteiger partial charge >= 0.3 is 5.97 Å². The number of benzene rings is 1. The number of esters is 1. The Morgan fingerprint density at radius 2 is 2.29 bits per heavy atom. The first-order chi connectivity index (χ1) is 8.00. The van der Waals surface area contributed by atoms with Crippen LogP contribution in [-0.2, 0) is 21.6 Å². The maximum Gasteiger partial charge on any atom is 0.311 e. The van der Waals surface area contributed by atoms with E-state index in [9.17, 15) is 14.3 Å². The molecule has 0 aliphatic heterocycles. The van der Waals surface area contributed by atoms with Gasteiger partial charge in [0.25, 0.3) is 0 Å². The average molecular weight is 238 g/mol. The summed E-state index contributed by atoms with van der Waals surface area (Å²) in [7, 11) is 1.28. The van der Waals surface area contributed by atoms with E-state index in [-0.39, 0.29) is 5.82 Å². The summed E-state index contributed by atoms with van der Waals surface area (Å²) >= 11 is 0. The Bertz CT molecular complexity index is 458. The van der Waals surface area contributed by atoms with Gasteiger partial charge in [-0.05, 0) is 37.0 Å². The lowest BCUT2D eigenvalue weighted by molar-refractivity contribution is -0.155. The quantitative estimate of drug-likeness (QED) is 0.799. The Morgan fingerprint density at radius 1 is 1.59 bits per heavy atom. The summed E-state index contributed by atoms with van der Waals surface area (Å²) in [5, 5.41) is 10.6. The number of hydrogen-bond donors (Lipinski definition) is 1. The maximum atomic E-state index is 13.6. The molecule has 0 bridgehead atoms. The van der Waals surface area contributed by atoms with Gasteiger partial charge in [0.1, 0.15) is 11.4 Å². The third-order valence-electron chi connectivity index (χ3n) is 3.61. The third-order valence-corrected chi connectivity index (χ3v) is 3.61. The number of carbonyl (C=O) groups excluding carboxylic acids is 1. The van der Waals surface area contributed by atoms with Gasteiger partial charge in [0, 0.05) is 0 Å². The van der Waals surface area contributed by atoms with Gasteiger partial charge in [-0.3, -0.25) is 4.79 Å². The molecule has 2 rings (SSSR count). The molecule has 0 saturated heterocycles. The Hall–Kier alpha value is -1.42. The SMILES string of the molecule is COC(=O)C(C)C1(O)CCc2c(F)cccc21. The predicted octanol–water partition coefficient (Wildman–Crippen LogP) is 1.77. The fourth-order valence-corrected chi connectivity index (χ4v) is 2.49. The zero-order chi connectivity index (χ0) is 12.6. The van der Waals surface area contributed by atoms with E-state index in [4.69, 9.17) is 0 Å². The van der Waals surface area contributed by atoms with Crippen molar-refractivity contribution in [3.05, 3.63) is 35.1 Å². The van der Waals surface area contributed by atoms with Crippen LogP contribution in [0.5, 0.6) is 0 Å². The first-order valence-electron chi connectivity index (χ1n) is 5.58. The molecule has 0 aromatic heterocycles. The molecule has 1 aromatic rings. The third kappa shape index (κ3) is 1.72. The van der Waals surface area contributed by atoms with Gasteiger partial charge in [0.05, 0.1) is 13.0 Å². The molecule has 0 fully saturated rings. The number of halogens is 1. The van der Waals surface area contributed by atoms with Crippen LogP contribution in [0.3, 0.4) is 0 Å². The number of hydrogen-bond acceptors (Lipinski definition) is 3. The van der Waals surface area contributed by atoms with E-state index >= 15 is 0 Å². The van der Waals surface area contributed by atoms with Gasteiger partial charge in [0.2, 0.25) is 0 Å². The van der Waals surface area contributed by atoms with E-state index in [2.05, 4.69) is 4.74 Å². The van der Waals surface area contributed by atoms with Crippen molar-refractivity contribution in [3.8, 4) is 0 Å². The minimum absolute atomic E-state index is 0.324. The summed E-state index contributed by atoms with van der Waals surface area (Å²) in [4.78, 5) is 11.5. The fraction of sp³-hybridized carbons (Fsp3) is 0.462. The number of aliphatic hydroxyl groups is 1. The highest BCUT2D eigenvalue weighted by Gasteiger charge is 2.45. The minimum Gasteiger partial charge on any atom is -0.469 e. The second-order valence-corrected chi connectivity index (χ2v) is 4.44. The number of ether oxygens (including phenoxy) is 1. The standard InChI is InChI=1S/C13H15FO3/c1-8(12(15)17-2)13(16)7-6-9-10(13)4-3-5-11(9)14/h3-5,8,16H,6-7H2,1-2H3. The van der Waals surface area contributed by atoms with Crippen molar-refractivity contribution in [1.29, 1.82) is 0 Å². The summed E-state index contributed by atoms with van der Waals surface area (Å²) in [6, 6.07) is 4.59. The molecular formula is C13H15FO3. The number of rotatable bonds is 2. The van der Waals surface area contributed by atoms with Crippen LogP contribution in [0.2, 0.25) is 0 Å². The molecule has 3 nitrogen and oxygen atoms in total. The Labute approximate surface area is 99.2 Å². The lowest BCUT2D eigenvalue weighted by atomic mass is 9.83. The predicted molar refractivity (Wildman–Crippen MR) is 59.8 cm³/mol. The van der Waals surface area contributed by atoms with Crippen LogP contribution < -0.4 is 0 Å². The summed E-state index contributed by atoms with van der Waals surface area (Å²) in [6.07, 6.45) is 0.791. The van der Waals surface area contributed by atoms with Gasteiger partial charge in [0.15, 0.2) is 0 Å². The molecule has 92 valence electrons. The van der Waals surface area contributed by atoms with Crippen molar-refractivity contribution in [2.75, 3.05) is 7.11 Å². The minimum atomic E-state index is -1.31. The number of fused-ring (bicyclic) bond motifs is 1. The highest BCUT2D eigenvalue weighted by Crippen LogP contribution is 2.43. The molecule has 2 unspecified atom stereocenters. The van der Waals surface area contributed by atoms with E-state index in [1.807, 2.05) is 0 Å². The molecule has 0 heterocycles. The molecule has 1 aliphatic rings. The van der Waals surface area contributed by atoms with E-state index in [1.165, 1.54) is 13.2 Å². The molecule has 1 aliphatic carbocycles. The molecule has 0 spiro atoms. The highest BCUT2D eigenvalue weighted by atomic mass is 19.1. The molecule has 1 aromatic carbocycles. The van der Waals surface area contributed by atoms with Crippen LogP contribution in [0.15, 0.2) is 18.2 Å². The van der Waals surface area contributed by atoms with Crippen LogP contribution in [0, 0.1) is 11.7 Å². The van der Waals surface area contributed by atoms with Crippen LogP contribution >= 0.6 is 0 Å². The van der Waals surface area contributed by atoms with E-state index < -0.39 is 17.5 Å². The van der Waals surface area contributed by atoms with Gasteiger partial charge in [-0.25, -0.2) is 4.39 Å². The maximum absolute atomic E-state index is 13.6. The highest BCUT2D eigenvalue weighted by molar-refractivity contribution is 5.74. The summed E-state index contributed by atoms with van der Waals surface area (Å²) < 4.78 is 18.2. The van der Waals surface area contributed by atoms with Crippen molar-refractivity contribution in [2.45, 2.75) is 25.4 Å². The van der Waals surface area contributed by atoms with Gasteiger partial charge in [-0.1, -0.05) is 12.1 Å². The van der Waals surface area contributed by atoms with E-state index in [0.717, 1.165) is 0 Å². The normalized spacial score (nSPS) is 24.2. The largest absolute Gasteiger partial charge is 0.469 e. The first-order valence-corrected chi connectivity index (χ1v) is 5.58.